The van der Waals surface area contributed by atoms with E-state index in [1.807, 2.05) is 6.92 Å². The van der Waals surface area contributed by atoms with E-state index in [0.717, 1.165) is 11.8 Å². The molecule has 0 N–H and O–H groups in total. The summed E-state index contributed by atoms with van der Waals surface area (Å²) in [5.41, 5.74) is -0.207. The quantitative estimate of drug-likeness (QED) is 0.722. The maximum Gasteiger partial charge on any atom is 0.332 e. The SMILES string of the molecule is CCOCC(=O)OC1(C)C2CC3CC(C2)CC1C3. The van der Waals surface area contributed by atoms with Crippen LogP contribution in [-0.4, -0.2) is 24.8 Å². The number of hydrogen-bond donors (Lipinski definition) is 0. The molecule has 0 unspecified atom stereocenters. The highest BCUT2D eigenvalue weighted by atomic mass is 16.6. The first kappa shape index (κ1) is 12.5. The Labute approximate surface area is 109 Å². The van der Waals surface area contributed by atoms with Crippen molar-refractivity contribution in [3.05, 3.63) is 0 Å². The van der Waals surface area contributed by atoms with Crippen LogP contribution >= 0.6 is 0 Å². The third-order valence-corrected chi connectivity index (χ3v) is 5.52. The van der Waals surface area contributed by atoms with Gasteiger partial charge in [0.15, 0.2) is 0 Å². The summed E-state index contributed by atoms with van der Waals surface area (Å²) in [6, 6.07) is 0. The van der Waals surface area contributed by atoms with Crippen LogP contribution in [0.2, 0.25) is 0 Å². The van der Waals surface area contributed by atoms with Gasteiger partial charge in [-0.15, -0.1) is 0 Å². The van der Waals surface area contributed by atoms with E-state index in [0.29, 0.717) is 18.4 Å². The molecule has 18 heavy (non-hydrogen) atoms. The van der Waals surface area contributed by atoms with Crippen LogP contribution in [0.1, 0.15) is 46.0 Å². The molecule has 0 aromatic heterocycles. The highest BCUT2D eigenvalue weighted by Crippen LogP contribution is 2.59. The fourth-order valence-corrected chi connectivity index (χ4v) is 4.75. The molecular weight excluding hydrogens is 228 g/mol. The van der Waals surface area contributed by atoms with Crippen LogP contribution in [0.15, 0.2) is 0 Å². The molecule has 3 nitrogen and oxygen atoms in total. The fraction of sp³-hybridized carbons (Fsp3) is 0.933. The minimum Gasteiger partial charge on any atom is -0.457 e. The lowest BCUT2D eigenvalue weighted by molar-refractivity contribution is -0.206. The average Bonchev–Trinajstić information content (AvgIpc) is 2.33. The molecule has 3 heteroatoms. The zero-order valence-electron chi connectivity index (χ0n) is 11.5. The number of hydrogen-bond acceptors (Lipinski definition) is 3. The van der Waals surface area contributed by atoms with Crippen molar-refractivity contribution in [2.24, 2.45) is 23.7 Å². The minimum atomic E-state index is -0.207. The molecule has 4 aliphatic carbocycles. The molecule has 0 saturated heterocycles. The lowest BCUT2D eigenvalue weighted by Gasteiger charge is -2.59. The van der Waals surface area contributed by atoms with Gasteiger partial charge in [0.2, 0.25) is 0 Å². The molecule has 4 saturated carbocycles. The first-order valence-electron chi connectivity index (χ1n) is 7.41. The normalized spacial score (nSPS) is 45.2. The van der Waals surface area contributed by atoms with E-state index < -0.39 is 0 Å². The first-order chi connectivity index (χ1) is 8.61. The maximum atomic E-state index is 11.9. The Morgan fingerprint density at radius 3 is 2.17 bits per heavy atom. The van der Waals surface area contributed by atoms with Gasteiger partial charge in [0, 0.05) is 6.61 Å². The summed E-state index contributed by atoms with van der Waals surface area (Å²) in [5.74, 6) is 2.84. The van der Waals surface area contributed by atoms with Crippen molar-refractivity contribution in [3.63, 3.8) is 0 Å². The number of rotatable bonds is 4. The van der Waals surface area contributed by atoms with Gasteiger partial charge in [-0.25, -0.2) is 4.79 Å². The van der Waals surface area contributed by atoms with Crippen LogP contribution in [0.3, 0.4) is 0 Å². The lowest BCUT2D eigenvalue weighted by Crippen LogP contribution is -2.58. The van der Waals surface area contributed by atoms with Crippen molar-refractivity contribution in [2.45, 2.75) is 51.6 Å². The summed E-state index contributed by atoms with van der Waals surface area (Å²) in [6.45, 7) is 4.75. The summed E-state index contributed by atoms with van der Waals surface area (Å²) in [5, 5.41) is 0. The summed E-state index contributed by atoms with van der Waals surface area (Å²) < 4.78 is 11.0. The molecule has 0 aromatic carbocycles. The standard InChI is InChI=1S/C15H24O3/c1-3-17-9-14(16)18-15(2)12-5-10-4-11(7-12)8-13(15)6-10/h10-13H,3-9H2,1-2H3. The van der Waals surface area contributed by atoms with Crippen molar-refractivity contribution in [1.29, 1.82) is 0 Å². The van der Waals surface area contributed by atoms with Crippen LogP contribution in [0.5, 0.6) is 0 Å². The second-order valence-corrected chi connectivity index (χ2v) is 6.60. The monoisotopic (exact) mass is 252 g/mol. The van der Waals surface area contributed by atoms with Gasteiger partial charge in [-0.05, 0) is 69.6 Å². The van der Waals surface area contributed by atoms with E-state index in [-0.39, 0.29) is 18.2 Å². The largest absolute Gasteiger partial charge is 0.457 e. The van der Waals surface area contributed by atoms with Gasteiger partial charge in [-0.1, -0.05) is 0 Å². The van der Waals surface area contributed by atoms with Crippen LogP contribution in [0.25, 0.3) is 0 Å². The predicted molar refractivity (Wildman–Crippen MR) is 68.0 cm³/mol. The maximum absolute atomic E-state index is 11.9. The molecule has 0 amide bonds. The van der Waals surface area contributed by atoms with E-state index in [1.165, 1.54) is 32.1 Å². The second kappa shape index (κ2) is 4.52. The van der Waals surface area contributed by atoms with Gasteiger partial charge in [-0.3, -0.25) is 0 Å². The number of carbonyl (C=O) groups is 1. The molecule has 0 spiro atoms. The van der Waals surface area contributed by atoms with Gasteiger partial charge < -0.3 is 9.47 Å². The van der Waals surface area contributed by atoms with Gasteiger partial charge in [0.05, 0.1) is 0 Å². The zero-order valence-corrected chi connectivity index (χ0v) is 11.5. The Bertz CT molecular complexity index is 309. The number of esters is 1. The summed E-state index contributed by atoms with van der Waals surface area (Å²) in [6.07, 6.45) is 6.50. The van der Waals surface area contributed by atoms with Crippen LogP contribution in [-0.2, 0) is 14.3 Å². The van der Waals surface area contributed by atoms with E-state index in [2.05, 4.69) is 6.92 Å². The first-order valence-corrected chi connectivity index (χ1v) is 7.41. The van der Waals surface area contributed by atoms with E-state index in [1.54, 1.807) is 0 Å². The fourth-order valence-electron chi connectivity index (χ4n) is 4.75. The Balaban J connectivity index is 1.68. The van der Waals surface area contributed by atoms with Crippen molar-refractivity contribution in [1.82, 2.24) is 0 Å². The van der Waals surface area contributed by atoms with Crippen molar-refractivity contribution >= 4 is 5.97 Å². The van der Waals surface area contributed by atoms with E-state index in [9.17, 15) is 4.79 Å². The van der Waals surface area contributed by atoms with E-state index in [4.69, 9.17) is 9.47 Å². The van der Waals surface area contributed by atoms with Gasteiger partial charge in [0.25, 0.3) is 0 Å². The summed E-state index contributed by atoms with van der Waals surface area (Å²) in [7, 11) is 0. The number of carbonyl (C=O) groups excluding carboxylic acids is 1. The van der Waals surface area contributed by atoms with Crippen LogP contribution < -0.4 is 0 Å². The van der Waals surface area contributed by atoms with Gasteiger partial charge in [-0.2, -0.15) is 0 Å². The second-order valence-electron chi connectivity index (χ2n) is 6.60. The van der Waals surface area contributed by atoms with Crippen molar-refractivity contribution in [3.8, 4) is 0 Å². The van der Waals surface area contributed by atoms with Crippen molar-refractivity contribution < 1.29 is 14.3 Å². The van der Waals surface area contributed by atoms with Gasteiger partial charge >= 0.3 is 5.97 Å². The molecule has 4 bridgehead atoms. The molecule has 102 valence electrons. The van der Waals surface area contributed by atoms with Crippen LogP contribution in [0, 0.1) is 23.7 Å². The molecule has 4 aliphatic rings. The topological polar surface area (TPSA) is 35.5 Å². The third kappa shape index (κ3) is 1.97. The molecule has 0 heterocycles. The lowest BCUT2D eigenvalue weighted by atomic mass is 9.50. The predicted octanol–water partition coefficient (Wildman–Crippen LogP) is 2.78. The molecule has 4 rings (SSSR count). The Hall–Kier alpha value is -0.570. The Morgan fingerprint density at radius 1 is 1.11 bits per heavy atom. The van der Waals surface area contributed by atoms with Gasteiger partial charge in [0.1, 0.15) is 12.2 Å². The highest BCUT2D eigenvalue weighted by molar-refractivity contribution is 5.71. The Kier molecular flexibility index (Phi) is 3.13. The molecule has 0 radical (unpaired) electrons. The summed E-state index contributed by atoms with van der Waals surface area (Å²) in [4.78, 5) is 11.9. The Morgan fingerprint density at radius 2 is 1.67 bits per heavy atom. The summed E-state index contributed by atoms with van der Waals surface area (Å²) >= 11 is 0. The zero-order chi connectivity index (χ0) is 12.8. The third-order valence-electron chi connectivity index (χ3n) is 5.52. The molecule has 0 atom stereocenters. The average molecular weight is 252 g/mol. The highest BCUT2D eigenvalue weighted by Gasteiger charge is 2.56. The molecule has 0 aliphatic heterocycles. The molecular formula is C15H24O3. The van der Waals surface area contributed by atoms with Crippen molar-refractivity contribution in [2.75, 3.05) is 13.2 Å². The number of ether oxygens (including phenoxy) is 2. The molecule has 0 aromatic rings. The molecule has 4 fully saturated rings. The van der Waals surface area contributed by atoms with E-state index >= 15 is 0 Å². The smallest absolute Gasteiger partial charge is 0.332 e. The van der Waals surface area contributed by atoms with Crippen LogP contribution in [0.4, 0.5) is 0 Å². The minimum absolute atomic E-state index is 0.110.